The van der Waals surface area contributed by atoms with Crippen LogP contribution in [0.2, 0.25) is 0 Å². The highest BCUT2D eigenvalue weighted by atomic mass is 32.1. The number of thiazole rings is 1. The molecule has 3 aromatic heterocycles. The predicted octanol–water partition coefficient (Wildman–Crippen LogP) is 1.76. The predicted molar refractivity (Wildman–Crippen MR) is 122 cm³/mol. The lowest BCUT2D eigenvalue weighted by atomic mass is 10.2. The van der Waals surface area contributed by atoms with E-state index < -0.39 is 0 Å². The maximum atomic E-state index is 12.5. The number of carbonyl (C=O) groups excluding carboxylic acids is 2. The Morgan fingerprint density at radius 3 is 2.68 bits per heavy atom. The Morgan fingerprint density at radius 2 is 1.97 bits per heavy atom. The van der Waals surface area contributed by atoms with E-state index >= 15 is 0 Å². The number of amides is 2. The molecule has 0 atom stereocenters. The summed E-state index contributed by atoms with van der Waals surface area (Å²) < 4.78 is 1.54. The van der Waals surface area contributed by atoms with Crippen LogP contribution >= 0.6 is 22.7 Å². The van der Waals surface area contributed by atoms with Crippen molar-refractivity contribution in [3.63, 3.8) is 0 Å². The second-order valence-electron chi connectivity index (χ2n) is 7.55. The second-order valence-corrected chi connectivity index (χ2v) is 9.56. The first-order chi connectivity index (χ1) is 14.9. The van der Waals surface area contributed by atoms with Crippen molar-refractivity contribution in [3.8, 4) is 0 Å². The van der Waals surface area contributed by atoms with Crippen LogP contribution in [-0.4, -0.2) is 63.7 Å². The summed E-state index contributed by atoms with van der Waals surface area (Å²) in [4.78, 5) is 48.1. The number of piperazine rings is 1. The standard InChI is InChI=1S/C21H25N5O3S2/c1-3-16-14(2)10-17(31-16)20(29)22-12-19(28)25-6-4-24(5-7-25)13-15-11-18(27)26-8-9-30-21(26)23-15/h8-11H,3-7,12-13H2,1-2H3,(H,22,29). The minimum atomic E-state index is -0.193. The Balaban J connectivity index is 1.26. The monoisotopic (exact) mass is 459 g/mol. The van der Waals surface area contributed by atoms with Crippen LogP contribution in [-0.2, 0) is 17.8 Å². The summed E-state index contributed by atoms with van der Waals surface area (Å²) >= 11 is 2.92. The van der Waals surface area contributed by atoms with Crippen LogP contribution in [0.15, 0.2) is 28.5 Å². The lowest BCUT2D eigenvalue weighted by molar-refractivity contribution is -0.131. The third-order valence-corrected chi connectivity index (χ3v) is 7.57. The average molecular weight is 460 g/mol. The quantitative estimate of drug-likeness (QED) is 0.607. The van der Waals surface area contributed by atoms with Crippen LogP contribution in [0, 0.1) is 6.92 Å². The number of aryl methyl sites for hydroxylation is 2. The zero-order valence-corrected chi connectivity index (χ0v) is 19.2. The summed E-state index contributed by atoms with van der Waals surface area (Å²) in [7, 11) is 0. The Morgan fingerprint density at radius 1 is 1.19 bits per heavy atom. The molecule has 0 spiro atoms. The normalized spacial score (nSPS) is 14.8. The molecule has 0 aliphatic carbocycles. The van der Waals surface area contributed by atoms with Crippen LogP contribution < -0.4 is 10.9 Å². The molecular formula is C21H25N5O3S2. The van der Waals surface area contributed by atoms with Gasteiger partial charge in [-0.2, -0.15) is 0 Å². The zero-order chi connectivity index (χ0) is 22.0. The minimum Gasteiger partial charge on any atom is -0.342 e. The maximum Gasteiger partial charge on any atom is 0.261 e. The van der Waals surface area contributed by atoms with Crippen LogP contribution in [0.5, 0.6) is 0 Å². The number of rotatable bonds is 6. The summed E-state index contributed by atoms with van der Waals surface area (Å²) in [6.07, 6.45) is 2.63. The fourth-order valence-electron chi connectivity index (χ4n) is 3.69. The first kappa shape index (κ1) is 21.7. The molecule has 1 aliphatic rings. The van der Waals surface area contributed by atoms with Crippen LogP contribution in [0.3, 0.4) is 0 Å². The number of carbonyl (C=O) groups is 2. The van der Waals surface area contributed by atoms with E-state index in [1.807, 2.05) is 18.4 Å². The fraction of sp³-hybridized carbons (Fsp3) is 0.429. The number of fused-ring (bicyclic) bond motifs is 1. The molecular weight excluding hydrogens is 434 g/mol. The molecule has 1 fully saturated rings. The third-order valence-electron chi connectivity index (χ3n) is 5.43. The van der Waals surface area contributed by atoms with Crippen molar-refractivity contribution in [1.29, 1.82) is 0 Å². The summed E-state index contributed by atoms with van der Waals surface area (Å²) in [5.41, 5.74) is 1.80. The lowest BCUT2D eigenvalue weighted by Crippen LogP contribution is -2.50. The minimum absolute atomic E-state index is 0.00457. The third kappa shape index (κ3) is 4.86. The van der Waals surface area contributed by atoms with Crippen LogP contribution in [0.1, 0.15) is 32.7 Å². The van der Waals surface area contributed by atoms with Crippen LogP contribution in [0.4, 0.5) is 0 Å². The van der Waals surface area contributed by atoms with Crippen molar-refractivity contribution < 1.29 is 9.59 Å². The van der Waals surface area contributed by atoms with Gasteiger partial charge < -0.3 is 10.2 Å². The summed E-state index contributed by atoms with van der Waals surface area (Å²) in [6.45, 7) is 7.25. The second kappa shape index (κ2) is 9.29. The Labute approximate surface area is 188 Å². The number of nitrogens with one attached hydrogen (secondary N) is 1. The first-order valence-electron chi connectivity index (χ1n) is 10.3. The van der Waals surface area contributed by atoms with Gasteiger partial charge in [-0.25, -0.2) is 4.98 Å². The van der Waals surface area contributed by atoms with Gasteiger partial charge in [-0.3, -0.25) is 23.7 Å². The zero-order valence-electron chi connectivity index (χ0n) is 17.6. The van der Waals surface area contributed by atoms with Crippen molar-refractivity contribution >= 4 is 39.4 Å². The molecule has 3 aromatic rings. The summed E-state index contributed by atoms with van der Waals surface area (Å²) in [5, 5.41) is 4.60. The van der Waals surface area contributed by atoms with Gasteiger partial charge in [0.1, 0.15) is 0 Å². The van der Waals surface area contributed by atoms with E-state index in [0.29, 0.717) is 42.6 Å². The first-order valence-corrected chi connectivity index (χ1v) is 12.0. The molecule has 0 saturated carbocycles. The van der Waals surface area contributed by atoms with Gasteiger partial charge in [-0.05, 0) is 25.0 Å². The molecule has 0 radical (unpaired) electrons. The molecule has 4 rings (SSSR count). The highest BCUT2D eigenvalue weighted by molar-refractivity contribution is 7.15. The Kier molecular flexibility index (Phi) is 6.49. The van der Waals surface area contributed by atoms with E-state index in [2.05, 4.69) is 22.1 Å². The van der Waals surface area contributed by atoms with Crippen molar-refractivity contribution in [3.05, 3.63) is 55.1 Å². The fourth-order valence-corrected chi connectivity index (χ4v) is 5.46. The van der Waals surface area contributed by atoms with Gasteiger partial charge >= 0.3 is 0 Å². The Bertz CT molecular complexity index is 1160. The van der Waals surface area contributed by atoms with Crippen molar-refractivity contribution in [2.24, 2.45) is 0 Å². The van der Waals surface area contributed by atoms with Gasteiger partial charge in [0.05, 0.1) is 17.1 Å². The Hall–Kier alpha value is -2.56. The van der Waals surface area contributed by atoms with Crippen molar-refractivity contribution in [1.82, 2.24) is 24.5 Å². The SMILES string of the molecule is CCc1sc(C(=O)NCC(=O)N2CCN(Cc3cc(=O)n4ccsc4n3)CC2)cc1C. The van der Waals surface area contributed by atoms with Gasteiger partial charge in [-0.1, -0.05) is 6.92 Å². The van der Waals surface area contributed by atoms with E-state index in [9.17, 15) is 14.4 Å². The van der Waals surface area contributed by atoms with E-state index in [1.54, 1.807) is 21.6 Å². The van der Waals surface area contributed by atoms with E-state index in [0.717, 1.165) is 17.7 Å². The molecule has 1 N–H and O–H groups in total. The maximum absolute atomic E-state index is 12.5. The van der Waals surface area contributed by atoms with Gasteiger partial charge in [0.2, 0.25) is 5.91 Å². The molecule has 31 heavy (non-hydrogen) atoms. The van der Waals surface area contributed by atoms with Gasteiger partial charge in [0, 0.05) is 55.2 Å². The summed E-state index contributed by atoms with van der Waals surface area (Å²) in [6, 6.07) is 3.46. The van der Waals surface area contributed by atoms with Gasteiger partial charge in [-0.15, -0.1) is 22.7 Å². The summed E-state index contributed by atoms with van der Waals surface area (Å²) in [5.74, 6) is -0.269. The molecule has 4 heterocycles. The van der Waals surface area contributed by atoms with Crippen molar-refractivity contribution in [2.45, 2.75) is 26.8 Å². The molecule has 1 aliphatic heterocycles. The molecule has 8 nitrogen and oxygen atoms in total. The number of nitrogens with zero attached hydrogens (tertiary/aromatic N) is 4. The number of hydrogen-bond acceptors (Lipinski definition) is 7. The van der Waals surface area contributed by atoms with Gasteiger partial charge in [0.25, 0.3) is 11.5 Å². The molecule has 10 heteroatoms. The number of hydrogen-bond donors (Lipinski definition) is 1. The topological polar surface area (TPSA) is 87.0 Å². The molecule has 164 valence electrons. The largest absolute Gasteiger partial charge is 0.342 e. The van der Waals surface area contributed by atoms with E-state index in [4.69, 9.17) is 0 Å². The highest BCUT2D eigenvalue weighted by Crippen LogP contribution is 2.22. The molecule has 2 amide bonds. The number of aromatic nitrogens is 2. The average Bonchev–Trinajstić information content (AvgIpc) is 3.39. The lowest BCUT2D eigenvalue weighted by Gasteiger charge is -2.34. The van der Waals surface area contributed by atoms with Crippen molar-refractivity contribution in [2.75, 3.05) is 32.7 Å². The molecule has 0 unspecified atom stereocenters. The highest BCUT2D eigenvalue weighted by Gasteiger charge is 2.22. The van der Waals surface area contributed by atoms with Gasteiger partial charge in [0.15, 0.2) is 4.96 Å². The molecule has 0 aromatic carbocycles. The molecule has 1 saturated heterocycles. The van der Waals surface area contributed by atoms with E-state index in [1.165, 1.54) is 27.6 Å². The molecule has 0 bridgehead atoms. The number of thiophene rings is 1. The smallest absolute Gasteiger partial charge is 0.261 e. The van der Waals surface area contributed by atoms with Crippen LogP contribution in [0.25, 0.3) is 4.96 Å². The van der Waals surface area contributed by atoms with E-state index in [-0.39, 0.29) is 23.9 Å².